The highest BCUT2D eigenvalue weighted by atomic mass is 16.6. The predicted octanol–water partition coefficient (Wildman–Crippen LogP) is 3.56. The number of benzene rings is 2. The average molecular weight is 331 g/mol. The number of nitrogens with zero attached hydrogens (tertiary/aromatic N) is 1. The SMILES string of the molecule is COc1ccc(C)cc1NC(=O)Nc1ccc([N+](=O)[O-])cc1OC. The molecule has 2 rings (SSSR count). The molecule has 8 nitrogen and oxygen atoms in total. The molecule has 0 atom stereocenters. The normalized spacial score (nSPS) is 9.96. The second-order valence-corrected chi connectivity index (χ2v) is 4.92. The van der Waals surface area contributed by atoms with Crippen molar-refractivity contribution in [3.63, 3.8) is 0 Å². The van der Waals surface area contributed by atoms with Gasteiger partial charge in [-0.15, -0.1) is 0 Å². The second kappa shape index (κ2) is 7.32. The number of carbonyl (C=O) groups excluding carboxylic acids is 1. The summed E-state index contributed by atoms with van der Waals surface area (Å²) in [6, 6.07) is 8.79. The smallest absolute Gasteiger partial charge is 0.323 e. The van der Waals surface area contributed by atoms with Crippen molar-refractivity contribution in [2.24, 2.45) is 0 Å². The molecule has 0 aliphatic heterocycles. The summed E-state index contributed by atoms with van der Waals surface area (Å²) in [5.41, 5.74) is 1.65. The van der Waals surface area contributed by atoms with Crippen molar-refractivity contribution in [3.05, 3.63) is 52.1 Å². The van der Waals surface area contributed by atoms with Crippen LogP contribution >= 0.6 is 0 Å². The van der Waals surface area contributed by atoms with Crippen molar-refractivity contribution in [1.82, 2.24) is 0 Å². The molecular weight excluding hydrogens is 314 g/mol. The highest BCUT2D eigenvalue weighted by Crippen LogP contribution is 2.30. The molecule has 2 aromatic rings. The maximum Gasteiger partial charge on any atom is 0.323 e. The van der Waals surface area contributed by atoms with Gasteiger partial charge in [0.25, 0.3) is 5.69 Å². The number of nitro groups is 1. The summed E-state index contributed by atoms with van der Waals surface area (Å²) in [5, 5.41) is 16.1. The average Bonchev–Trinajstić information content (AvgIpc) is 2.55. The first-order chi connectivity index (χ1) is 11.4. The minimum atomic E-state index is -0.538. The van der Waals surface area contributed by atoms with Crippen LogP contribution < -0.4 is 20.1 Å². The van der Waals surface area contributed by atoms with Gasteiger partial charge in [-0.25, -0.2) is 4.79 Å². The number of aryl methyl sites for hydroxylation is 1. The van der Waals surface area contributed by atoms with Gasteiger partial charge in [-0.1, -0.05) is 6.07 Å². The van der Waals surface area contributed by atoms with Crippen LogP contribution in [-0.2, 0) is 0 Å². The molecule has 0 saturated heterocycles. The Bertz CT molecular complexity index is 776. The Kier molecular flexibility index (Phi) is 5.20. The lowest BCUT2D eigenvalue weighted by Crippen LogP contribution is -2.20. The number of rotatable bonds is 5. The number of non-ortho nitro benzene ring substituents is 1. The standard InChI is InChI=1S/C16H17N3O5/c1-10-4-7-14(23-2)13(8-10)18-16(20)17-12-6-5-11(19(21)22)9-15(12)24-3/h4-9H,1-3H3,(H2,17,18,20). The van der Waals surface area contributed by atoms with E-state index in [1.807, 2.05) is 13.0 Å². The molecule has 0 aliphatic rings. The van der Waals surface area contributed by atoms with Gasteiger partial charge in [0.05, 0.1) is 36.6 Å². The second-order valence-electron chi connectivity index (χ2n) is 4.92. The third-order valence-corrected chi connectivity index (χ3v) is 3.25. The quantitative estimate of drug-likeness (QED) is 0.644. The van der Waals surface area contributed by atoms with Gasteiger partial charge < -0.3 is 20.1 Å². The minimum absolute atomic E-state index is 0.127. The number of urea groups is 1. The highest BCUT2D eigenvalue weighted by Gasteiger charge is 2.14. The number of nitro benzene ring substituents is 1. The third-order valence-electron chi connectivity index (χ3n) is 3.25. The van der Waals surface area contributed by atoms with E-state index in [1.54, 1.807) is 12.1 Å². The molecule has 2 N–H and O–H groups in total. The molecule has 126 valence electrons. The summed E-state index contributed by atoms with van der Waals surface area (Å²) in [6.07, 6.45) is 0. The van der Waals surface area contributed by atoms with E-state index in [1.165, 1.54) is 32.4 Å². The first kappa shape index (κ1) is 17.1. The van der Waals surface area contributed by atoms with Crippen molar-refractivity contribution in [2.75, 3.05) is 24.9 Å². The lowest BCUT2D eigenvalue weighted by Gasteiger charge is -2.13. The molecule has 0 saturated carbocycles. The fourth-order valence-corrected chi connectivity index (χ4v) is 2.09. The molecule has 0 spiro atoms. The maximum atomic E-state index is 12.2. The zero-order valence-corrected chi connectivity index (χ0v) is 13.5. The van der Waals surface area contributed by atoms with Gasteiger partial charge in [0, 0.05) is 6.07 Å². The van der Waals surface area contributed by atoms with Crippen molar-refractivity contribution >= 4 is 23.1 Å². The Balaban J connectivity index is 2.18. The first-order valence-corrected chi connectivity index (χ1v) is 6.99. The van der Waals surface area contributed by atoms with Crippen LogP contribution in [0.25, 0.3) is 0 Å². The Morgan fingerprint density at radius 2 is 1.67 bits per heavy atom. The Morgan fingerprint density at radius 3 is 2.29 bits per heavy atom. The number of hydrogen-bond donors (Lipinski definition) is 2. The Labute approximate surface area is 138 Å². The van der Waals surface area contributed by atoms with Crippen LogP contribution in [0, 0.1) is 17.0 Å². The summed E-state index contributed by atoms with van der Waals surface area (Å²) in [6.45, 7) is 1.89. The van der Waals surface area contributed by atoms with E-state index in [4.69, 9.17) is 9.47 Å². The molecule has 0 aromatic heterocycles. The van der Waals surface area contributed by atoms with Gasteiger partial charge in [-0.2, -0.15) is 0 Å². The lowest BCUT2D eigenvalue weighted by molar-refractivity contribution is -0.384. The molecule has 0 radical (unpaired) electrons. The molecule has 24 heavy (non-hydrogen) atoms. The van der Waals surface area contributed by atoms with Crippen molar-refractivity contribution in [3.8, 4) is 11.5 Å². The van der Waals surface area contributed by atoms with E-state index in [9.17, 15) is 14.9 Å². The van der Waals surface area contributed by atoms with Gasteiger partial charge in [0.2, 0.25) is 0 Å². The van der Waals surface area contributed by atoms with Gasteiger partial charge in [0.15, 0.2) is 0 Å². The predicted molar refractivity (Wildman–Crippen MR) is 90.0 cm³/mol. The van der Waals surface area contributed by atoms with E-state index in [-0.39, 0.29) is 11.4 Å². The van der Waals surface area contributed by atoms with E-state index in [2.05, 4.69) is 10.6 Å². The molecule has 0 unspecified atom stereocenters. The largest absolute Gasteiger partial charge is 0.495 e. The molecule has 2 amide bonds. The van der Waals surface area contributed by atoms with Crippen LogP contribution in [0.2, 0.25) is 0 Å². The van der Waals surface area contributed by atoms with Crippen LogP contribution in [0.5, 0.6) is 11.5 Å². The van der Waals surface area contributed by atoms with E-state index in [0.717, 1.165) is 5.56 Å². The van der Waals surface area contributed by atoms with E-state index >= 15 is 0 Å². The summed E-state index contributed by atoms with van der Waals surface area (Å²) < 4.78 is 10.3. The van der Waals surface area contributed by atoms with Gasteiger partial charge in [0.1, 0.15) is 11.5 Å². The number of nitrogens with one attached hydrogen (secondary N) is 2. The summed E-state index contributed by atoms with van der Waals surface area (Å²) in [5.74, 6) is 0.710. The van der Waals surface area contributed by atoms with Crippen molar-refractivity contribution < 1.29 is 19.2 Å². The van der Waals surface area contributed by atoms with Gasteiger partial charge in [-0.05, 0) is 30.7 Å². The molecule has 0 heterocycles. The molecule has 0 aliphatic carbocycles. The van der Waals surface area contributed by atoms with Gasteiger partial charge in [-0.3, -0.25) is 10.1 Å². The van der Waals surface area contributed by atoms with Crippen LogP contribution in [0.15, 0.2) is 36.4 Å². The number of ether oxygens (including phenoxy) is 2. The fraction of sp³-hybridized carbons (Fsp3) is 0.188. The molecule has 0 bridgehead atoms. The molecule has 0 fully saturated rings. The summed E-state index contributed by atoms with van der Waals surface area (Å²) in [4.78, 5) is 22.4. The van der Waals surface area contributed by atoms with Crippen LogP contribution in [0.1, 0.15) is 5.56 Å². The topological polar surface area (TPSA) is 103 Å². The van der Waals surface area contributed by atoms with Gasteiger partial charge >= 0.3 is 6.03 Å². The molecule has 2 aromatic carbocycles. The monoisotopic (exact) mass is 331 g/mol. The van der Waals surface area contributed by atoms with E-state index in [0.29, 0.717) is 17.1 Å². The fourth-order valence-electron chi connectivity index (χ4n) is 2.09. The zero-order valence-electron chi connectivity index (χ0n) is 13.5. The minimum Gasteiger partial charge on any atom is -0.495 e. The van der Waals surface area contributed by atoms with Crippen molar-refractivity contribution in [2.45, 2.75) is 6.92 Å². The van der Waals surface area contributed by atoms with Crippen LogP contribution in [0.3, 0.4) is 0 Å². The van der Waals surface area contributed by atoms with E-state index < -0.39 is 11.0 Å². The molecule has 8 heteroatoms. The lowest BCUT2D eigenvalue weighted by atomic mass is 10.2. The number of hydrogen-bond acceptors (Lipinski definition) is 5. The number of carbonyl (C=O) groups is 1. The summed E-state index contributed by atoms with van der Waals surface area (Å²) >= 11 is 0. The zero-order chi connectivity index (χ0) is 17.7. The first-order valence-electron chi connectivity index (χ1n) is 6.99. The Hall–Kier alpha value is -3.29. The number of methoxy groups -OCH3 is 2. The summed E-state index contributed by atoms with van der Waals surface area (Å²) in [7, 11) is 2.87. The van der Waals surface area contributed by atoms with Crippen LogP contribution in [0.4, 0.5) is 21.9 Å². The maximum absolute atomic E-state index is 12.2. The molecular formula is C16H17N3O5. The van der Waals surface area contributed by atoms with Crippen molar-refractivity contribution in [1.29, 1.82) is 0 Å². The third kappa shape index (κ3) is 3.92. The van der Waals surface area contributed by atoms with Crippen LogP contribution in [-0.4, -0.2) is 25.2 Å². The Morgan fingerprint density at radius 1 is 1.00 bits per heavy atom. The number of anilines is 2. The highest BCUT2D eigenvalue weighted by molar-refractivity contribution is 6.01. The number of amides is 2.